The Morgan fingerprint density at radius 1 is 1.14 bits per heavy atom. The van der Waals surface area contributed by atoms with Crippen molar-refractivity contribution in [3.05, 3.63) is 47.8 Å². The minimum atomic E-state index is 0.370. The predicted octanol–water partition coefficient (Wildman–Crippen LogP) is 3.50. The van der Waals surface area contributed by atoms with Gasteiger partial charge in [-0.05, 0) is 25.8 Å². The van der Waals surface area contributed by atoms with Gasteiger partial charge < -0.3 is 10.2 Å². The molecule has 0 saturated carbocycles. The Bertz CT molecular complexity index is 566. The van der Waals surface area contributed by atoms with Crippen LogP contribution in [-0.4, -0.2) is 23.1 Å². The molecule has 0 aliphatic rings. The van der Waals surface area contributed by atoms with E-state index in [4.69, 9.17) is 0 Å². The second kappa shape index (κ2) is 7.07. The van der Waals surface area contributed by atoms with Gasteiger partial charge in [-0.15, -0.1) is 0 Å². The monoisotopic (exact) mass is 284 g/mol. The normalized spacial score (nSPS) is 10.7. The Kier molecular flexibility index (Phi) is 5.14. The first kappa shape index (κ1) is 15.3. The molecule has 0 aliphatic heterocycles. The van der Waals surface area contributed by atoms with Gasteiger partial charge in [0.05, 0.1) is 0 Å². The van der Waals surface area contributed by atoms with Gasteiger partial charge in [0.15, 0.2) is 0 Å². The van der Waals surface area contributed by atoms with Crippen LogP contribution in [0.5, 0.6) is 0 Å². The van der Waals surface area contributed by atoms with Crippen molar-refractivity contribution in [2.24, 2.45) is 0 Å². The number of nitrogens with zero attached hydrogens (tertiary/aromatic N) is 3. The maximum Gasteiger partial charge on any atom is 0.137 e. The molecule has 0 fully saturated rings. The second-order valence-corrected chi connectivity index (χ2v) is 5.34. The van der Waals surface area contributed by atoms with E-state index >= 15 is 0 Å². The maximum atomic E-state index is 4.55. The lowest BCUT2D eigenvalue weighted by molar-refractivity contribution is 0.667. The van der Waals surface area contributed by atoms with Crippen LogP contribution >= 0.6 is 0 Å². The fourth-order valence-corrected chi connectivity index (χ4v) is 2.47. The average Bonchev–Trinajstić information content (AvgIpc) is 2.52. The lowest BCUT2D eigenvalue weighted by atomic mass is 10.1. The third-order valence-corrected chi connectivity index (χ3v) is 3.60. The van der Waals surface area contributed by atoms with E-state index in [1.165, 1.54) is 11.1 Å². The molecule has 2 rings (SSSR count). The molecular formula is C17H24N4. The van der Waals surface area contributed by atoms with Crippen molar-refractivity contribution >= 4 is 11.6 Å². The van der Waals surface area contributed by atoms with Gasteiger partial charge in [-0.1, -0.05) is 37.3 Å². The van der Waals surface area contributed by atoms with Gasteiger partial charge in [0.1, 0.15) is 18.0 Å². The Labute approximate surface area is 127 Å². The maximum absolute atomic E-state index is 4.55. The smallest absolute Gasteiger partial charge is 0.137 e. The molecule has 0 atom stereocenters. The molecule has 0 radical (unpaired) electrons. The fraction of sp³-hybridized carbons (Fsp3) is 0.412. The lowest BCUT2D eigenvalue weighted by Crippen LogP contribution is -2.32. The van der Waals surface area contributed by atoms with Gasteiger partial charge >= 0.3 is 0 Å². The van der Waals surface area contributed by atoms with E-state index in [1.54, 1.807) is 6.33 Å². The summed E-state index contributed by atoms with van der Waals surface area (Å²) < 4.78 is 0. The molecule has 0 saturated heterocycles. The third-order valence-electron chi connectivity index (χ3n) is 3.60. The van der Waals surface area contributed by atoms with Gasteiger partial charge in [-0.3, -0.25) is 0 Å². The molecule has 4 nitrogen and oxygen atoms in total. The van der Waals surface area contributed by atoms with Crippen LogP contribution in [0.2, 0.25) is 0 Å². The fourth-order valence-electron chi connectivity index (χ4n) is 2.47. The molecule has 1 heterocycles. The van der Waals surface area contributed by atoms with E-state index < -0.39 is 0 Å². The predicted molar refractivity (Wildman–Crippen MR) is 88.7 cm³/mol. The zero-order chi connectivity index (χ0) is 15.2. The standard InChI is InChI=1S/C17H24N4/c1-5-15-16(18-4)19-12-20-17(15)21(13(2)3)11-14-9-7-6-8-10-14/h6-10,12-13H,5,11H2,1-4H3,(H,18,19,20). The number of benzene rings is 1. The first-order valence-electron chi connectivity index (χ1n) is 7.49. The minimum absolute atomic E-state index is 0.370. The summed E-state index contributed by atoms with van der Waals surface area (Å²) in [4.78, 5) is 11.2. The Hall–Kier alpha value is -2.10. The largest absolute Gasteiger partial charge is 0.373 e. The molecule has 1 aromatic carbocycles. The lowest BCUT2D eigenvalue weighted by Gasteiger charge is -2.30. The van der Waals surface area contributed by atoms with Gasteiger partial charge in [-0.25, -0.2) is 9.97 Å². The number of rotatable bonds is 6. The molecule has 112 valence electrons. The molecule has 1 N–H and O–H groups in total. The summed E-state index contributed by atoms with van der Waals surface area (Å²) in [5, 5.41) is 3.17. The van der Waals surface area contributed by atoms with Crippen molar-refractivity contribution in [2.75, 3.05) is 17.3 Å². The highest BCUT2D eigenvalue weighted by molar-refractivity contribution is 5.59. The summed E-state index contributed by atoms with van der Waals surface area (Å²) in [6, 6.07) is 10.9. The molecule has 2 aromatic rings. The van der Waals surface area contributed by atoms with E-state index in [2.05, 4.69) is 65.2 Å². The number of hydrogen-bond donors (Lipinski definition) is 1. The molecule has 0 aliphatic carbocycles. The Morgan fingerprint density at radius 2 is 1.86 bits per heavy atom. The van der Waals surface area contributed by atoms with Crippen LogP contribution in [-0.2, 0) is 13.0 Å². The molecule has 0 spiro atoms. The zero-order valence-corrected chi connectivity index (χ0v) is 13.3. The van der Waals surface area contributed by atoms with Crippen molar-refractivity contribution in [2.45, 2.75) is 39.8 Å². The summed E-state index contributed by atoms with van der Waals surface area (Å²) in [6.07, 6.45) is 2.55. The molecule has 0 bridgehead atoms. The van der Waals surface area contributed by atoms with Crippen molar-refractivity contribution in [1.29, 1.82) is 0 Å². The van der Waals surface area contributed by atoms with Gasteiger partial charge in [0.25, 0.3) is 0 Å². The van der Waals surface area contributed by atoms with E-state index in [0.717, 1.165) is 24.6 Å². The molecule has 4 heteroatoms. The van der Waals surface area contributed by atoms with Crippen LogP contribution in [0.4, 0.5) is 11.6 Å². The van der Waals surface area contributed by atoms with E-state index in [-0.39, 0.29) is 0 Å². The highest BCUT2D eigenvalue weighted by Crippen LogP contribution is 2.26. The van der Waals surface area contributed by atoms with Gasteiger partial charge in [-0.2, -0.15) is 0 Å². The third kappa shape index (κ3) is 3.51. The van der Waals surface area contributed by atoms with Crippen LogP contribution in [0.3, 0.4) is 0 Å². The topological polar surface area (TPSA) is 41.1 Å². The molecule has 0 unspecified atom stereocenters. The SMILES string of the molecule is CCc1c(NC)ncnc1N(Cc1ccccc1)C(C)C. The summed E-state index contributed by atoms with van der Waals surface area (Å²) >= 11 is 0. The van der Waals surface area contributed by atoms with Crippen LogP contribution in [0.15, 0.2) is 36.7 Å². The number of hydrogen-bond acceptors (Lipinski definition) is 4. The van der Waals surface area contributed by atoms with Gasteiger partial charge in [0, 0.05) is 25.2 Å². The number of aromatic nitrogens is 2. The van der Waals surface area contributed by atoms with Crippen molar-refractivity contribution < 1.29 is 0 Å². The summed E-state index contributed by atoms with van der Waals surface area (Å²) in [6.45, 7) is 7.39. The second-order valence-electron chi connectivity index (χ2n) is 5.34. The average molecular weight is 284 g/mol. The first-order valence-corrected chi connectivity index (χ1v) is 7.49. The van der Waals surface area contributed by atoms with Crippen LogP contribution in [0.1, 0.15) is 31.9 Å². The highest BCUT2D eigenvalue weighted by atomic mass is 15.2. The van der Waals surface area contributed by atoms with Crippen LogP contribution in [0.25, 0.3) is 0 Å². The zero-order valence-electron chi connectivity index (χ0n) is 13.3. The van der Waals surface area contributed by atoms with E-state index in [1.807, 2.05) is 13.1 Å². The van der Waals surface area contributed by atoms with Crippen molar-refractivity contribution in [1.82, 2.24) is 9.97 Å². The minimum Gasteiger partial charge on any atom is -0.373 e. The summed E-state index contributed by atoms with van der Waals surface area (Å²) in [5.74, 6) is 1.94. The quantitative estimate of drug-likeness (QED) is 0.881. The van der Waals surface area contributed by atoms with E-state index in [9.17, 15) is 0 Å². The molecule has 1 aromatic heterocycles. The Balaban J connectivity index is 2.39. The van der Waals surface area contributed by atoms with Crippen LogP contribution < -0.4 is 10.2 Å². The molecular weight excluding hydrogens is 260 g/mol. The molecule has 0 amide bonds. The first-order chi connectivity index (χ1) is 10.2. The summed E-state index contributed by atoms with van der Waals surface area (Å²) in [7, 11) is 1.90. The number of nitrogens with one attached hydrogen (secondary N) is 1. The van der Waals surface area contributed by atoms with Crippen molar-refractivity contribution in [3.8, 4) is 0 Å². The number of anilines is 2. The van der Waals surface area contributed by atoms with Crippen molar-refractivity contribution in [3.63, 3.8) is 0 Å². The summed E-state index contributed by atoms with van der Waals surface area (Å²) in [5.41, 5.74) is 2.46. The highest BCUT2D eigenvalue weighted by Gasteiger charge is 2.18. The Morgan fingerprint density at radius 3 is 2.43 bits per heavy atom. The van der Waals surface area contributed by atoms with Gasteiger partial charge in [0.2, 0.25) is 0 Å². The van der Waals surface area contributed by atoms with Crippen LogP contribution in [0, 0.1) is 0 Å². The molecule has 21 heavy (non-hydrogen) atoms. The van der Waals surface area contributed by atoms with E-state index in [0.29, 0.717) is 6.04 Å².